The molecule has 0 unspecified atom stereocenters. The second kappa shape index (κ2) is 4.59. The summed E-state index contributed by atoms with van der Waals surface area (Å²) in [5.74, 6) is 4.81. The van der Waals surface area contributed by atoms with Gasteiger partial charge >= 0.3 is 0 Å². The first-order valence-corrected chi connectivity index (χ1v) is 4.88. The van der Waals surface area contributed by atoms with Crippen LogP contribution < -0.4 is 11.3 Å². The molecule has 1 amide bonds. The van der Waals surface area contributed by atoms with Gasteiger partial charge in [0.05, 0.1) is 12.1 Å². The van der Waals surface area contributed by atoms with Crippen LogP contribution in [0.3, 0.4) is 0 Å². The molecule has 0 aliphatic heterocycles. The van der Waals surface area contributed by atoms with E-state index < -0.39 is 0 Å². The van der Waals surface area contributed by atoms with E-state index in [1.54, 1.807) is 10.9 Å². The lowest BCUT2D eigenvalue weighted by Gasteiger charge is -2.03. The summed E-state index contributed by atoms with van der Waals surface area (Å²) in [5, 5.41) is 4.11. The molecule has 2 rings (SSSR count). The first-order valence-electron chi connectivity index (χ1n) is 4.88. The topological polar surface area (TPSA) is 72.9 Å². The van der Waals surface area contributed by atoms with Gasteiger partial charge in [0, 0.05) is 12.4 Å². The Morgan fingerprint density at radius 3 is 2.69 bits per heavy atom. The van der Waals surface area contributed by atoms with Crippen LogP contribution in [0.4, 0.5) is 0 Å². The molecule has 0 bridgehead atoms. The van der Waals surface area contributed by atoms with Crippen LogP contribution in [0.5, 0.6) is 0 Å². The van der Waals surface area contributed by atoms with Crippen molar-refractivity contribution in [3.63, 3.8) is 0 Å². The van der Waals surface area contributed by atoms with Crippen molar-refractivity contribution < 1.29 is 4.79 Å². The summed E-state index contributed by atoms with van der Waals surface area (Å²) in [4.78, 5) is 11.0. The average molecular weight is 216 g/mol. The zero-order chi connectivity index (χ0) is 11.4. The predicted octanol–water partition coefficient (Wildman–Crippen LogP) is 0.405. The second-order valence-electron chi connectivity index (χ2n) is 3.36. The number of nitrogens with one attached hydrogen (secondary N) is 1. The van der Waals surface area contributed by atoms with Gasteiger partial charge < -0.3 is 0 Å². The third-order valence-electron chi connectivity index (χ3n) is 2.23. The van der Waals surface area contributed by atoms with Gasteiger partial charge in [-0.2, -0.15) is 5.10 Å². The number of hydrogen-bond acceptors (Lipinski definition) is 3. The van der Waals surface area contributed by atoms with Crippen molar-refractivity contribution in [1.82, 2.24) is 15.2 Å². The summed E-state index contributed by atoms with van der Waals surface area (Å²) in [6, 6.07) is 9.44. The van der Waals surface area contributed by atoms with Gasteiger partial charge in [-0.3, -0.25) is 10.2 Å². The van der Waals surface area contributed by atoms with E-state index in [4.69, 9.17) is 5.84 Å². The molecule has 0 saturated carbocycles. The monoisotopic (exact) mass is 216 g/mol. The van der Waals surface area contributed by atoms with Gasteiger partial charge in [0.1, 0.15) is 0 Å². The highest BCUT2D eigenvalue weighted by atomic mass is 16.2. The fraction of sp³-hybridized carbons (Fsp3) is 0.0909. The van der Waals surface area contributed by atoms with Crippen molar-refractivity contribution in [2.75, 3.05) is 0 Å². The fourth-order valence-corrected chi connectivity index (χ4v) is 1.42. The Balaban J connectivity index is 2.14. The van der Waals surface area contributed by atoms with Gasteiger partial charge in [-0.15, -0.1) is 0 Å². The van der Waals surface area contributed by atoms with E-state index in [2.05, 4.69) is 10.5 Å². The van der Waals surface area contributed by atoms with Crippen LogP contribution in [0, 0.1) is 0 Å². The Hall–Kier alpha value is -2.14. The number of carbonyl (C=O) groups excluding carboxylic acids is 1. The lowest BCUT2D eigenvalue weighted by Crippen LogP contribution is -2.31. The third-order valence-corrected chi connectivity index (χ3v) is 2.23. The number of amides is 1. The highest BCUT2D eigenvalue weighted by Gasteiger charge is 2.01. The van der Waals surface area contributed by atoms with Gasteiger partial charge in [-0.25, -0.2) is 10.5 Å². The number of carbonyl (C=O) groups is 1. The fourth-order valence-electron chi connectivity index (χ4n) is 1.42. The van der Waals surface area contributed by atoms with Crippen LogP contribution in [-0.2, 0) is 11.2 Å². The minimum absolute atomic E-state index is 0.202. The summed E-state index contributed by atoms with van der Waals surface area (Å²) in [7, 11) is 0. The summed E-state index contributed by atoms with van der Waals surface area (Å²) >= 11 is 0. The van der Waals surface area contributed by atoms with Crippen molar-refractivity contribution >= 4 is 5.91 Å². The molecular weight excluding hydrogens is 204 g/mol. The Bertz CT molecular complexity index is 461. The normalized spacial score (nSPS) is 10.1. The molecular formula is C11H12N4O. The molecule has 1 heterocycles. The number of hydrogen-bond donors (Lipinski definition) is 2. The molecule has 0 saturated heterocycles. The maximum atomic E-state index is 11.0. The zero-order valence-corrected chi connectivity index (χ0v) is 8.63. The van der Waals surface area contributed by atoms with E-state index in [1.165, 1.54) is 0 Å². The molecule has 1 aromatic carbocycles. The summed E-state index contributed by atoms with van der Waals surface area (Å²) in [5.41, 5.74) is 3.97. The molecule has 5 heteroatoms. The summed E-state index contributed by atoms with van der Waals surface area (Å²) in [6.07, 6.45) is 3.87. The first kappa shape index (κ1) is 10.4. The van der Waals surface area contributed by atoms with E-state index in [0.29, 0.717) is 0 Å². The number of aromatic nitrogens is 2. The minimum Gasteiger partial charge on any atom is -0.294 e. The Morgan fingerprint density at radius 2 is 2.12 bits per heavy atom. The lowest BCUT2D eigenvalue weighted by molar-refractivity contribution is -0.120. The second-order valence-corrected chi connectivity index (χ2v) is 3.36. The quantitative estimate of drug-likeness (QED) is 0.443. The van der Waals surface area contributed by atoms with E-state index in [1.807, 2.05) is 36.5 Å². The SMILES string of the molecule is NNC(=O)Cc1ccc(-n2cccn2)cc1. The van der Waals surface area contributed by atoms with Gasteiger partial charge in [-0.05, 0) is 23.8 Å². The molecule has 3 N–H and O–H groups in total. The van der Waals surface area contributed by atoms with Crippen LogP contribution in [-0.4, -0.2) is 15.7 Å². The van der Waals surface area contributed by atoms with Crippen LogP contribution in [0.2, 0.25) is 0 Å². The molecule has 5 nitrogen and oxygen atoms in total. The van der Waals surface area contributed by atoms with E-state index in [9.17, 15) is 4.79 Å². The highest BCUT2D eigenvalue weighted by molar-refractivity contribution is 5.77. The Morgan fingerprint density at radius 1 is 1.38 bits per heavy atom. The van der Waals surface area contributed by atoms with Crippen molar-refractivity contribution in [2.45, 2.75) is 6.42 Å². The van der Waals surface area contributed by atoms with Crippen LogP contribution in [0.25, 0.3) is 5.69 Å². The molecule has 0 fully saturated rings. The molecule has 1 aromatic heterocycles. The van der Waals surface area contributed by atoms with Crippen LogP contribution in [0.15, 0.2) is 42.7 Å². The third kappa shape index (κ3) is 2.26. The number of nitrogens with zero attached hydrogens (tertiary/aromatic N) is 2. The zero-order valence-electron chi connectivity index (χ0n) is 8.63. The van der Waals surface area contributed by atoms with Crippen LogP contribution >= 0.6 is 0 Å². The predicted molar refractivity (Wildman–Crippen MR) is 59.6 cm³/mol. The number of rotatable bonds is 3. The largest absolute Gasteiger partial charge is 0.294 e. The number of benzene rings is 1. The summed E-state index contributed by atoms with van der Waals surface area (Å²) in [6.45, 7) is 0. The maximum absolute atomic E-state index is 11.0. The van der Waals surface area contributed by atoms with Crippen molar-refractivity contribution in [2.24, 2.45) is 5.84 Å². The molecule has 0 aliphatic rings. The standard InChI is InChI=1S/C11H12N4O/c12-14-11(16)8-9-2-4-10(5-3-9)15-7-1-6-13-15/h1-7H,8,12H2,(H,14,16). The molecule has 16 heavy (non-hydrogen) atoms. The molecule has 0 atom stereocenters. The van der Waals surface area contributed by atoms with E-state index in [0.717, 1.165) is 11.3 Å². The lowest BCUT2D eigenvalue weighted by atomic mass is 10.1. The average Bonchev–Trinajstić information content (AvgIpc) is 2.83. The minimum atomic E-state index is -0.202. The Kier molecular flexibility index (Phi) is 2.98. The summed E-state index contributed by atoms with van der Waals surface area (Å²) < 4.78 is 1.76. The number of hydrazine groups is 1. The van der Waals surface area contributed by atoms with Gasteiger partial charge in [0.25, 0.3) is 0 Å². The van der Waals surface area contributed by atoms with Crippen molar-refractivity contribution in [3.05, 3.63) is 48.3 Å². The molecule has 0 radical (unpaired) electrons. The van der Waals surface area contributed by atoms with Crippen LogP contribution in [0.1, 0.15) is 5.56 Å². The molecule has 82 valence electrons. The van der Waals surface area contributed by atoms with E-state index in [-0.39, 0.29) is 12.3 Å². The maximum Gasteiger partial charge on any atom is 0.238 e. The Labute approximate surface area is 92.8 Å². The van der Waals surface area contributed by atoms with Crippen molar-refractivity contribution in [1.29, 1.82) is 0 Å². The molecule has 0 spiro atoms. The highest BCUT2D eigenvalue weighted by Crippen LogP contribution is 2.08. The molecule has 0 aliphatic carbocycles. The van der Waals surface area contributed by atoms with Crippen molar-refractivity contribution in [3.8, 4) is 5.69 Å². The van der Waals surface area contributed by atoms with E-state index >= 15 is 0 Å². The smallest absolute Gasteiger partial charge is 0.238 e. The molecule has 2 aromatic rings. The number of nitrogens with two attached hydrogens (primary N) is 1. The van der Waals surface area contributed by atoms with Gasteiger partial charge in [0.15, 0.2) is 0 Å². The first-order chi connectivity index (χ1) is 7.79. The van der Waals surface area contributed by atoms with Gasteiger partial charge in [0.2, 0.25) is 5.91 Å². The van der Waals surface area contributed by atoms with Gasteiger partial charge in [-0.1, -0.05) is 12.1 Å².